The Morgan fingerprint density at radius 3 is 2.51 bits per heavy atom. The monoisotopic (exact) mass is 541 g/mol. The Morgan fingerprint density at radius 1 is 1.13 bits per heavy atom. The summed E-state index contributed by atoms with van der Waals surface area (Å²) in [5, 5.41) is 0. The zero-order valence-corrected chi connectivity index (χ0v) is 21.8. The highest BCUT2D eigenvalue weighted by Gasteiger charge is 2.43. The van der Waals surface area contributed by atoms with Crippen molar-refractivity contribution in [1.29, 1.82) is 0 Å². The number of aromatic nitrogens is 2. The van der Waals surface area contributed by atoms with E-state index in [0.29, 0.717) is 11.3 Å². The molecule has 0 unspecified atom stereocenters. The van der Waals surface area contributed by atoms with Crippen LogP contribution in [0.2, 0.25) is 0 Å². The van der Waals surface area contributed by atoms with Gasteiger partial charge in [-0.3, -0.25) is 18.7 Å². The number of hydrogen-bond donors (Lipinski definition) is 0. The molecule has 0 fully saturated rings. The van der Waals surface area contributed by atoms with Gasteiger partial charge in [-0.05, 0) is 74.6 Å². The van der Waals surface area contributed by atoms with E-state index >= 15 is 0 Å². The zero-order chi connectivity index (χ0) is 28.4. The molecule has 2 aliphatic rings. The average molecular weight is 542 g/mol. The molecule has 1 atom stereocenters. The van der Waals surface area contributed by atoms with Crippen LogP contribution >= 0.6 is 0 Å². The highest BCUT2D eigenvalue weighted by Crippen LogP contribution is 2.42. The third-order valence-corrected chi connectivity index (χ3v) is 7.60. The van der Waals surface area contributed by atoms with Crippen LogP contribution in [-0.2, 0) is 27.5 Å². The fourth-order valence-electron chi connectivity index (χ4n) is 5.66. The van der Waals surface area contributed by atoms with Crippen LogP contribution in [0.15, 0.2) is 52.2 Å². The molecule has 8 nitrogen and oxygen atoms in total. The van der Waals surface area contributed by atoms with E-state index in [-0.39, 0.29) is 42.2 Å². The van der Waals surface area contributed by atoms with E-state index in [0.717, 1.165) is 21.4 Å². The summed E-state index contributed by atoms with van der Waals surface area (Å²) >= 11 is 0. The number of alkyl halides is 3. The van der Waals surface area contributed by atoms with E-state index in [2.05, 4.69) is 0 Å². The van der Waals surface area contributed by atoms with Gasteiger partial charge in [-0.1, -0.05) is 12.1 Å². The summed E-state index contributed by atoms with van der Waals surface area (Å²) in [7, 11) is 1.65. The lowest BCUT2D eigenvalue weighted by molar-refractivity contribution is -0.138. The Kier molecular flexibility index (Phi) is 6.08. The number of amides is 1. The summed E-state index contributed by atoms with van der Waals surface area (Å²) in [5.41, 5.74) is -2.07. The first-order valence-electron chi connectivity index (χ1n) is 12.5. The second-order valence-electron chi connectivity index (χ2n) is 10.2. The molecule has 0 spiro atoms. The SMILES string of the molecule is CCOC(=O)c1cn(-c2ccc3c(c2)C(C)(C)C(=O)N3C)c(=O)n([C@@H]2CCc3c2cccc3C(F)(F)F)c1=O. The third-order valence-electron chi connectivity index (χ3n) is 7.60. The van der Waals surface area contributed by atoms with Gasteiger partial charge in [0.05, 0.1) is 29.3 Å². The van der Waals surface area contributed by atoms with Crippen LogP contribution in [0.4, 0.5) is 18.9 Å². The van der Waals surface area contributed by atoms with E-state index < -0.39 is 46.0 Å². The Balaban J connectivity index is 1.75. The number of hydrogen-bond acceptors (Lipinski definition) is 5. The minimum atomic E-state index is -4.60. The predicted octanol–water partition coefficient (Wildman–Crippen LogP) is 3.98. The first-order chi connectivity index (χ1) is 18.3. The lowest BCUT2D eigenvalue weighted by Gasteiger charge is -2.20. The Bertz CT molecular complexity index is 1650. The van der Waals surface area contributed by atoms with Crippen molar-refractivity contribution in [2.75, 3.05) is 18.6 Å². The molecular weight excluding hydrogens is 515 g/mol. The standard InChI is InChI=1S/C28H26F3N3O5/c1-5-39-24(36)18-14-33(15-9-11-22-20(13-15)27(2,3)25(37)32(22)4)26(38)34(23(18)35)21-12-10-16-17(21)7-6-8-19(16)28(29,30)31/h6-9,11,13-14,21H,5,10,12H2,1-4H3/t21-/m1/s1. The number of carbonyl (C=O) groups excluding carboxylic acids is 2. The van der Waals surface area contributed by atoms with Gasteiger partial charge in [-0.25, -0.2) is 9.59 Å². The molecule has 1 aromatic heterocycles. The van der Waals surface area contributed by atoms with Crippen molar-refractivity contribution in [3.8, 4) is 5.69 Å². The molecule has 0 saturated carbocycles. The number of anilines is 1. The van der Waals surface area contributed by atoms with Crippen molar-refractivity contribution in [3.05, 3.63) is 91.3 Å². The summed E-state index contributed by atoms with van der Waals surface area (Å²) < 4.78 is 48.0. The van der Waals surface area contributed by atoms with Gasteiger partial charge < -0.3 is 9.64 Å². The molecule has 0 bridgehead atoms. The molecule has 0 saturated heterocycles. The third kappa shape index (κ3) is 3.98. The van der Waals surface area contributed by atoms with Crippen molar-refractivity contribution < 1.29 is 27.5 Å². The molecule has 39 heavy (non-hydrogen) atoms. The lowest BCUT2D eigenvalue weighted by atomic mass is 9.86. The first-order valence-corrected chi connectivity index (χ1v) is 12.5. The quantitative estimate of drug-likeness (QED) is 0.466. The number of carbonyl (C=O) groups is 2. The first kappa shape index (κ1) is 26.5. The van der Waals surface area contributed by atoms with E-state index in [1.54, 1.807) is 46.0 Å². The molecule has 1 aliphatic heterocycles. The van der Waals surface area contributed by atoms with Gasteiger partial charge in [-0.2, -0.15) is 13.2 Å². The summed E-state index contributed by atoms with van der Waals surface area (Å²) in [6.45, 7) is 5.04. The van der Waals surface area contributed by atoms with Crippen molar-refractivity contribution in [1.82, 2.24) is 9.13 Å². The second-order valence-corrected chi connectivity index (χ2v) is 10.2. The highest BCUT2D eigenvalue weighted by atomic mass is 19.4. The normalized spacial score (nSPS) is 17.8. The van der Waals surface area contributed by atoms with Gasteiger partial charge >= 0.3 is 17.8 Å². The Labute approximate surface area is 221 Å². The van der Waals surface area contributed by atoms with Crippen molar-refractivity contribution in [2.24, 2.45) is 0 Å². The maximum Gasteiger partial charge on any atom is 0.416 e. The molecule has 0 N–H and O–H groups in total. The van der Waals surface area contributed by atoms with Crippen LogP contribution in [0, 0.1) is 0 Å². The van der Waals surface area contributed by atoms with Gasteiger partial charge in [0.1, 0.15) is 5.56 Å². The summed E-state index contributed by atoms with van der Waals surface area (Å²) in [6.07, 6.45) is -3.43. The van der Waals surface area contributed by atoms with Gasteiger partial charge in [-0.15, -0.1) is 0 Å². The molecule has 0 radical (unpaired) electrons. The fourth-order valence-corrected chi connectivity index (χ4v) is 5.66. The molecule has 11 heteroatoms. The largest absolute Gasteiger partial charge is 0.462 e. The number of halogens is 3. The molecule has 2 aromatic carbocycles. The smallest absolute Gasteiger partial charge is 0.416 e. The van der Waals surface area contributed by atoms with Crippen LogP contribution in [0.3, 0.4) is 0 Å². The number of ether oxygens (including phenoxy) is 1. The van der Waals surface area contributed by atoms with Gasteiger partial charge in [0, 0.05) is 18.9 Å². The van der Waals surface area contributed by atoms with Crippen LogP contribution in [0.1, 0.15) is 65.8 Å². The van der Waals surface area contributed by atoms with Gasteiger partial charge in [0.15, 0.2) is 0 Å². The minimum Gasteiger partial charge on any atom is -0.462 e. The van der Waals surface area contributed by atoms with E-state index in [4.69, 9.17) is 4.74 Å². The van der Waals surface area contributed by atoms with Gasteiger partial charge in [0.2, 0.25) is 5.91 Å². The van der Waals surface area contributed by atoms with E-state index in [1.165, 1.54) is 17.0 Å². The van der Waals surface area contributed by atoms with Crippen molar-refractivity contribution in [2.45, 2.75) is 51.2 Å². The lowest BCUT2D eigenvalue weighted by Crippen LogP contribution is -2.44. The number of esters is 1. The van der Waals surface area contributed by atoms with Gasteiger partial charge in [0.25, 0.3) is 5.56 Å². The molecule has 3 aromatic rings. The number of rotatable bonds is 4. The van der Waals surface area contributed by atoms with Crippen LogP contribution in [0.25, 0.3) is 5.69 Å². The molecule has 1 aliphatic carbocycles. The summed E-state index contributed by atoms with van der Waals surface area (Å²) in [4.78, 5) is 54.5. The fraction of sp³-hybridized carbons (Fsp3) is 0.357. The Morgan fingerprint density at radius 2 is 1.85 bits per heavy atom. The van der Waals surface area contributed by atoms with Crippen LogP contribution < -0.4 is 16.1 Å². The van der Waals surface area contributed by atoms with Crippen LogP contribution in [0.5, 0.6) is 0 Å². The second kappa shape index (κ2) is 8.96. The molecular formula is C28H26F3N3O5. The minimum absolute atomic E-state index is 0.00663. The molecule has 2 heterocycles. The molecule has 1 amide bonds. The maximum absolute atomic E-state index is 13.9. The maximum atomic E-state index is 13.9. The van der Waals surface area contributed by atoms with Crippen molar-refractivity contribution >= 4 is 17.6 Å². The van der Waals surface area contributed by atoms with E-state index in [1.807, 2.05) is 0 Å². The Hall–Kier alpha value is -4.15. The van der Waals surface area contributed by atoms with Crippen molar-refractivity contribution in [3.63, 3.8) is 0 Å². The predicted molar refractivity (Wildman–Crippen MR) is 137 cm³/mol. The van der Waals surface area contributed by atoms with Crippen LogP contribution in [-0.4, -0.2) is 34.7 Å². The highest BCUT2D eigenvalue weighted by molar-refractivity contribution is 6.07. The topological polar surface area (TPSA) is 90.6 Å². The number of fused-ring (bicyclic) bond motifs is 2. The molecule has 204 valence electrons. The number of nitrogens with zero attached hydrogens (tertiary/aromatic N) is 3. The zero-order valence-electron chi connectivity index (χ0n) is 21.8. The number of benzene rings is 2. The summed E-state index contributed by atoms with van der Waals surface area (Å²) in [5.74, 6) is -1.09. The molecule has 5 rings (SSSR count). The van der Waals surface area contributed by atoms with E-state index in [9.17, 15) is 32.3 Å². The summed E-state index contributed by atoms with van der Waals surface area (Å²) in [6, 6.07) is 7.57. The number of likely N-dealkylation sites (N-methyl/N-ethyl adjacent to an activating group) is 1. The average Bonchev–Trinajstić information content (AvgIpc) is 3.37.